The highest BCUT2D eigenvalue weighted by Gasteiger charge is 2.33. The molecule has 1 aromatic heterocycles. The van der Waals surface area contributed by atoms with E-state index in [0.717, 1.165) is 0 Å². The smallest absolute Gasteiger partial charge is 0.442 e. The van der Waals surface area contributed by atoms with Crippen molar-refractivity contribution in [1.82, 2.24) is 10.0 Å². The van der Waals surface area contributed by atoms with Gasteiger partial charge >= 0.3 is 12.0 Å². The molecule has 0 fully saturated rings. The quantitative estimate of drug-likeness (QED) is 0.628. The Morgan fingerprint density at radius 1 is 1.09 bits per heavy atom. The van der Waals surface area contributed by atoms with Crippen LogP contribution in [0.25, 0.3) is 0 Å². The number of carbonyl (C=O) groups excluding carboxylic acids is 3. The first-order valence-corrected chi connectivity index (χ1v) is 7.11. The van der Waals surface area contributed by atoms with E-state index in [1.54, 1.807) is 41.5 Å². The van der Waals surface area contributed by atoms with Crippen molar-refractivity contribution in [3.63, 3.8) is 0 Å². The number of carbonyl (C=O) groups is 3. The molecule has 0 saturated heterocycles. The molecule has 0 N–H and O–H groups in total. The Hall–Kier alpha value is -2.28. The van der Waals surface area contributed by atoms with Crippen LogP contribution in [-0.4, -0.2) is 39.5 Å². The number of hydrogen-bond acceptors (Lipinski definition) is 6. The van der Waals surface area contributed by atoms with E-state index in [0.29, 0.717) is 16.9 Å². The van der Waals surface area contributed by atoms with Crippen LogP contribution < -0.4 is 0 Å². The largest absolute Gasteiger partial charge is 0.442 e. The monoisotopic (exact) mass is 322 g/mol. The second-order valence-electron chi connectivity index (χ2n) is 6.88. The lowest BCUT2D eigenvalue weighted by molar-refractivity contribution is -0.182. The predicted molar refractivity (Wildman–Crippen MR) is 82.9 cm³/mol. The van der Waals surface area contributed by atoms with Gasteiger partial charge in [0.25, 0.3) is 0 Å². The van der Waals surface area contributed by atoms with Gasteiger partial charge in [-0.25, -0.2) is 4.79 Å². The number of amides is 2. The highest BCUT2D eigenvalue weighted by Crippen LogP contribution is 2.17. The molecule has 0 aliphatic heterocycles. The molecule has 0 unspecified atom stereocenters. The summed E-state index contributed by atoms with van der Waals surface area (Å²) in [6, 6.07) is 2.77. The molecule has 126 valence electrons. The average Bonchev–Trinajstić information content (AvgIpc) is 2.41. The summed E-state index contributed by atoms with van der Waals surface area (Å²) in [4.78, 5) is 44.7. The van der Waals surface area contributed by atoms with Gasteiger partial charge in [0.2, 0.25) is 0 Å². The summed E-state index contributed by atoms with van der Waals surface area (Å²) in [5.41, 5.74) is -1.30. The zero-order valence-corrected chi connectivity index (χ0v) is 14.2. The number of rotatable bonds is 3. The molecule has 0 aliphatic carbocycles. The van der Waals surface area contributed by atoms with Gasteiger partial charge in [0.15, 0.2) is 6.29 Å². The maximum absolute atomic E-state index is 12.5. The van der Waals surface area contributed by atoms with E-state index in [9.17, 15) is 14.4 Å². The minimum Gasteiger partial charge on any atom is -0.442 e. The van der Waals surface area contributed by atoms with Crippen molar-refractivity contribution in [3.8, 4) is 0 Å². The highest BCUT2D eigenvalue weighted by molar-refractivity contribution is 6.00. The lowest BCUT2D eigenvalue weighted by Crippen LogP contribution is -2.45. The van der Waals surface area contributed by atoms with Gasteiger partial charge in [-0.15, -0.1) is 5.06 Å². The minimum atomic E-state index is -0.932. The zero-order chi connectivity index (χ0) is 17.8. The Kier molecular flexibility index (Phi) is 5.60. The third-order valence-corrected chi connectivity index (χ3v) is 2.25. The van der Waals surface area contributed by atoms with Crippen LogP contribution in [0.2, 0.25) is 0 Å². The molecule has 0 saturated carbocycles. The van der Waals surface area contributed by atoms with E-state index < -0.39 is 23.2 Å². The molecular formula is C16H22N2O5. The highest BCUT2D eigenvalue weighted by atomic mass is 16.7. The fourth-order valence-corrected chi connectivity index (χ4v) is 1.44. The van der Waals surface area contributed by atoms with Crippen molar-refractivity contribution in [3.05, 3.63) is 29.6 Å². The standard InChI is InChI=1S/C16H22N2O5/c1-15(2,3)22-14(21)18(23-16(4,5)6)13(20)12-8-7-11(10-19)9-17-12/h7-10H,1-6H3. The number of ether oxygens (including phenoxy) is 1. The van der Waals surface area contributed by atoms with Gasteiger partial charge in [0.05, 0.1) is 5.60 Å². The lowest BCUT2D eigenvalue weighted by atomic mass is 10.2. The van der Waals surface area contributed by atoms with Gasteiger partial charge in [-0.05, 0) is 53.7 Å². The summed E-state index contributed by atoms with van der Waals surface area (Å²) >= 11 is 0. The normalized spacial score (nSPS) is 11.7. The van der Waals surface area contributed by atoms with E-state index in [1.807, 2.05) is 0 Å². The van der Waals surface area contributed by atoms with Crippen LogP contribution in [0.15, 0.2) is 18.3 Å². The van der Waals surface area contributed by atoms with Crippen LogP contribution in [0.3, 0.4) is 0 Å². The first kappa shape index (κ1) is 18.8. The molecule has 0 aliphatic rings. The maximum Gasteiger partial charge on any atom is 0.442 e. The topological polar surface area (TPSA) is 85.8 Å². The van der Waals surface area contributed by atoms with Crippen LogP contribution >= 0.6 is 0 Å². The summed E-state index contributed by atoms with van der Waals surface area (Å²) in [7, 11) is 0. The summed E-state index contributed by atoms with van der Waals surface area (Å²) < 4.78 is 5.19. The van der Waals surface area contributed by atoms with E-state index in [2.05, 4.69) is 4.98 Å². The number of aldehydes is 1. The molecule has 2 amide bonds. The molecule has 0 spiro atoms. The van der Waals surface area contributed by atoms with Gasteiger partial charge in [-0.2, -0.15) is 0 Å². The van der Waals surface area contributed by atoms with Crippen LogP contribution in [0.5, 0.6) is 0 Å². The van der Waals surface area contributed by atoms with Gasteiger partial charge in [0.1, 0.15) is 11.3 Å². The Morgan fingerprint density at radius 3 is 2.09 bits per heavy atom. The minimum absolute atomic E-state index is 0.0364. The van der Waals surface area contributed by atoms with E-state index in [4.69, 9.17) is 9.57 Å². The van der Waals surface area contributed by atoms with E-state index in [1.165, 1.54) is 18.3 Å². The number of hydrogen-bond donors (Lipinski definition) is 0. The summed E-state index contributed by atoms with van der Waals surface area (Å²) in [5.74, 6) is -0.772. The fourth-order valence-electron chi connectivity index (χ4n) is 1.44. The zero-order valence-electron chi connectivity index (χ0n) is 14.2. The molecule has 0 aromatic carbocycles. The van der Waals surface area contributed by atoms with Crippen LogP contribution in [-0.2, 0) is 9.57 Å². The summed E-state index contributed by atoms with van der Waals surface area (Å²) in [6.45, 7) is 10.1. The third kappa shape index (κ3) is 6.15. The van der Waals surface area contributed by atoms with Crippen molar-refractivity contribution in [2.24, 2.45) is 0 Å². The average molecular weight is 322 g/mol. The number of hydroxylamine groups is 2. The van der Waals surface area contributed by atoms with E-state index in [-0.39, 0.29) is 5.69 Å². The maximum atomic E-state index is 12.5. The number of aromatic nitrogens is 1. The first-order valence-electron chi connectivity index (χ1n) is 7.11. The summed E-state index contributed by atoms with van der Waals surface area (Å²) in [5, 5.41) is 0.550. The SMILES string of the molecule is CC(C)(C)OC(=O)N(OC(C)(C)C)C(=O)c1ccc(C=O)cn1. The number of imide groups is 1. The van der Waals surface area contributed by atoms with Crippen molar-refractivity contribution < 1.29 is 24.0 Å². The molecular weight excluding hydrogens is 300 g/mol. The Morgan fingerprint density at radius 2 is 1.70 bits per heavy atom. The first-order chi connectivity index (χ1) is 10.4. The second kappa shape index (κ2) is 6.87. The van der Waals surface area contributed by atoms with Gasteiger partial charge in [-0.1, -0.05) is 0 Å². The molecule has 0 atom stereocenters. The Balaban J connectivity index is 3.08. The van der Waals surface area contributed by atoms with Crippen molar-refractivity contribution >= 4 is 18.3 Å². The van der Waals surface area contributed by atoms with Crippen molar-refractivity contribution in [2.45, 2.75) is 52.7 Å². The molecule has 1 aromatic rings. The van der Waals surface area contributed by atoms with Crippen molar-refractivity contribution in [2.75, 3.05) is 0 Å². The van der Waals surface area contributed by atoms with Crippen LogP contribution in [0, 0.1) is 0 Å². The molecule has 1 rings (SSSR count). The Labute approximate surface area is 135 Å². The number of pyridine rings is 1. The van der Waals surface area contributed by atoms with Crippen molar-refractivity contribution in [1.29, 1.82) is 0 Å². The fraction of sp³-hybridized carbons (Fsp3) is 0.500. The predicted octanol–water partition coefficient (Wildman–Crippen LogP) is 3.00. The summed E-state index contributed by atoms with van der Waals surface area (Å²) in [6.07, 6.45) is 0.919. The molecule has 7 heteroatoms. The van der Waals surface area contributed by atoms with Gasteiger partial charge < -0.3 is 4.74 Å². The number of nitrogens with zero attached hydrogens (tertiary/aromatic N) is 2. The molecule has 7 nitrogen and oxygen atoms in total. The van der Waals surface area contributed by atoms with Crippen LogP contribution in [0.1, 0.15) is 62.4 Å². The lowest BCUT2D eigenvalue weighted by Gasteiger charge is -2.30. The van der Waals surface area contributed by atoms with Crippen LogP contribution in [0.4, 0.5) is 4.79 Å². The third-order valence-electron chi connectivity index (χ3n) is 2.25. The van der Waals surface area contributed by atoms with Gasteiger partial charge in [0, 0.05) is 11.8 Å². The molecule has 0 radical (unpaired) electrons. The van der Waals surface area contributed by atoms with Gasteiger partial charge in [-0.3, -0.25) is 19.4 Å². The molecule has 23 heavy (non-hydrogen) atoms. The second-order valence-corrected chi connectivity index (χ2v) is 6.88. The molecule has 0 bridgehead atoms. The van der Waals surface area contributed by atoms with E-state index >= 15 is 0 Å². The molecule has 1 heterocycles. The Bertz CT molecular complexity index is 582.